The predicted molar refractivity (Wildman–Crippen MR) is 47.9 cm³/mol. The second-order valence-corrected chi connectivity index (χ2v) is 3.25. The van der Waals surface area contributed by atoms with Gasteiger partial charge in [-0.25, -0.2) is 8.78 Å². The van der Waals surface area contributed by atoms with Crippen molar-refractivity contribution in [3.05, 3.63) is 21.9 Å². The average Bonchev–Trinajstić information content (AvgIpc) is 2.11. The Labute approximate surface area is 87.1 Å². The zero-order valence-corrected chi connectivity index (χ0v) is 8.42. The average molecular weight is 263 g/mol. The van der Waals surface area contributed by atoms with Gasteiger partial charge in [-0.05, 0) is 15.9 Å². The van der Waals surface area contributed by atoms with Crippen LogP contribution in [-0.4, -0.2) is 10.1 Å². The molecule has 6 heteroatoms. The molecule has 1 heterocycles. The standard InChI is InChI=1S/C8H5BrF2N2O/c9-6-4(1-2-12)5(14)3-13-7(6)8(10)11/h3,8,14H,1H2. The van der Waals surface area contributed by atoms with Crippen LogP contribution in [0.3, 0.4) is 0 Å². The Morgan fingerprint density at radius 3 is 2.79 bits per heavy atom. The third-order valence-electron chi connectivity index (χ3n) is 1.59. The molecular weight excluding hydrogens is 258 g/mol. The molecule has 1 N–H and O–H groups in total. The van der Waals surface area contributed by atoms with Crippen molar-refractivity contribution in [2.24, 2.45) is 0 Å². The molecule has 0 saturated carbocycles. The third kappa shape index (κ3) is 1.99. The van der Waals surface area contributed by atoms with Crippen LogP contribution < -0.4 is 0 Å². The van der Waals surface area contributed by atoms with Crippen molar-refractivity contribution in [1.29, 1.82) is 5.26 Å². The number of nitriles is 1. The molecular formula is C8H5BrF2N2O. The van der Waals surface area contributed by atoms with Crippen LogP contribution in [0.2, 0.25) is 0 Å². The number of alkyl halides is 2. The van der Waals surface area contributed by atoms with Crippen molar-refractivity contribution >= 4 is 15.9 Å². The van der Waals surface area contributed by atoms with Crippen molar-refractivity contribution in [1.82, 2.24) is 4.98 Å². The number of halogens is 3. The van der Waals surface area contributed by atoms with Gasteiger partial charge in [-0.2, -0.15) is 5.26 Å². The summed E-state index contributed by atoms with van der Waals surface area (Å²) in [4.78, 5) is 3.36. The van der Waals surface area contributed by atoms with Gasteiger partial charge in [0, 0.05) is 5.56 Å². The summed E-state index contributed by atoms with van der Waals surface area (Å²) >= 11 is 2.88. The van der Waals surface area contributed by atoms with Gasteiger partial charge in [0.2, 0.25) is 0 Å². The summed E-state index contributed by atoms with van der Waals surface area (Å²) in [5, 5.41) is 17.6. The first-order chi connectivity index (χ1) is 6.57. The van der Waals surface area contributed by atoms with Crippen LogP contribution in [-0.2, 0) is 6.42 Å². The van der Waals surface area contributed by atoms with Gasteiger partial charge < -0.3 is 5.11 Å². The Hall–Kier alpha value is -1.22. The predicted octanol–water partition coefficient (Wildman–Crippen LogP) is 2.55. The van der Waals surface area contributed by atoms with Crippen molar-refractivity contribution in [2.75, 3.05) is 0 Å². The summed E-state index contributed by atoms with van der Waals surface area (Å²) in [6, 6.07) is 1.77. The molecule has 74 valence electrons. The summed E-state index contributed by atoms with van der Waals surface area (Å²) in [6.07, 6.45) is -1.96. The molecule has 0 bridgehead atoms. The van der Waals surface area contributed by atoms with Crippen molar-refractivity contribution in [3.63, 3.8) is 0 Å². The van der Waals surface area contributed by atoms with Gasteiger partial charge in [0.25, 0.3) is 6.43 Å². The second kappa shape index (κ2) is 4.33. The molecule has 1 aromatic rings. The SMILES string of the molecule is N#CCc1c(O)cnc(C(F)F)c1Br. The van der Waals surface area contributed by atoms with Crippen LogP contribution >= 0.6 is 15.9 Å². The topological polar surface area (TPSA) is 56.9 Å². The molecule has 1 aromatic heterocycles. The van der Waals surface area contributed by atoms with Crippen LogP contribution in [0.4, 0.5) is 8.78 Å². The number of nitrogens with zero attached hydrogens (tertiary/aromatic N) is 2. The summed E-state index contributed by atoms with van der Waals surface area (Å²) in [5.74, 6) is -0.261. The Bertz CT molecular complexity index is 390. The van der Waals surface area contributed by atoms with E-state index in [4.69, 9.17) is 5.26 Å². The Balaban J connectivity index is 3.27. The molecule has 0 atom stereocenters. The molecule has 0 unspecified atom stereocenters. The zero-order valence-electron chi connectivity index (χ0n) is 6.84. The number of pyridine rings is 1. The Kier molecular flexibility index (Phi) is 3.36. The van der Waals surface area contributed by atoms with E-state index in [1.54, 1.807) is 6.07 Å². The fourth-order valence-electron chi connectivity index (χ4n) is 0.932. The summed E-state index contributed by atoms with van der Waals surface area (Å²) in [7, 11) is 0. The number of aromatic nitrogens is 1. The van der Waals surface area contributed by atoms with Gasteiger partial charge in [0.1, 0.15) is 11.4 Å². The zero-order chi connectivity index (χ0) is 10.7. The maximum atomic E-state index is 12.3. The van der Waals surface area contributed by atoms with E-state index >= 15 is 0 Å². The molecule has 3 nitrogen and oxygen atoms in total. The maximum absolute atomic E-state index is 12.3. The lowest BCUT2D eigenvalue weighted by Crippen LogP contribution is -1.96. The lowest BCUT2D eigenvalue weighted by Gasteiger charge is -2.07. The summed E-state index contributed by atoms with van der Waals surface area (Å²) < 4.78 is 24.6. The number of rotatable bonds is 2. The molecule has 0 aliphatic rings. The van der Waals surface area contributed by atoms with E-state index in [1.165, 1.54) is 0 Å². The molecule has 0 radical (unpaired) electrons. The van der Waals surface area contributed by atoms with E-state index in [0.29, 0.717) is 0 Å². The molecule has 0 spiro atoms. The van der Waals surface area contributed by atoms with E-state index in [-0.39, 0.29) is 22.2 Å². The molecule has 0 amide bonds. The van der Waals surface area contributed by atoms with Crippen LogP contribution in [0, 0.1) is 11.3 Å². The molecule has 14 heavy (non-hydrogen) atoms. The maximum Gasteiger partial charge on any atom is 0.281 e. The molecule has 0 aliphatic heterocycles. The monoisotopic (exact) mass is 262 g/mol. The minimum atomic E-state index is -2.73. The highest BCUT2D eigenvalue weighted by atomic mass is 79.9. The Morgan fingerprint density at radius 1 is 1.64 bits per heavy atom. The van der Waals surface area contributed by atoms with Gasteiger partial charge in [-0.1, -0.05) is 0 Å². The number of hydrogen-bond donors (Lipinski definition) is 1. The molecule has 0 fully saturated rings. The highest BCUT2D eigenvalue weighted by Gasteiger charge is 2.18. The van der Waals surface area contributed by atoms with E-state index in [1.807, 2.05) is 0 Å². The van der Waals surface area contributed by atoms with Crippen molar-refractivity contribution < 1.29 is 13.9 Å². The van der Waals surface area contributed by atoms with Crippen LogP contribution in [0.25, 0.3) is 0 Å². The minimum Gasteiger partial charge on any atom is -0.506 e. The quantitative estimate of drug-likeness (QED) is 0.891. The second-order valence-electron chi connectivity index (χ2n) is 2.46. The lowest BCUT2D eigenvalue weighted by atomic mass is 10.1. The van der Waals surface area contributed by atoms with Gasteiger partial charge in [0.15, 0.2) is 0 Å². The first-order valence-electron chi connectivity index (χ1n) is 3.59. The minimum absolute atomic E-state index is 0.00551. The van der Waals surface area contributed by atoms with Crippen molar-refractivity contribution in [3.8, 4) is 11.8 Å². The summed E-state index contributed by atoms with van der Waals surface area (Å²) in [5.41, 5.74) is -0.328. The highest BCUT2D eigenvalue weighted by molar-refractivity contribution is 9.10. The Morgan fingerprint density at radius 2 is 2.29 bits per heavy atom. The van der Waals surface area contributed by atoms with Crippen LogP contribution in [0.5, 0.6) is 5.75 Å². The van der Waals surface area contributed by atoms with E-state index in [0.717, 1.165) is 6.20 Å². The highest BCUT2D eigenvalue weighted by Crippen LogP contribution is 2.32. The summed E-state index contributed by atoms with van der Waals surface area (Å²) in [6.45, 7) is 0. The number of hydrogen-bond acceptors (Lipinski definition) is 3. The van der Waals surface area contributed by atoms with Gasteiger partial charge in [-0.3, -0.25) is 4.98 Å². The first kappa shape index (κ1) is 10.9. The van der Waals surface area contributed by atoms with Gasteiger partial charge in [-0.15, -0.1) is 0 Å². The number of aromatic hydroxyl groups is 1. The third-order valence-corrected chi connectivity index (χ3v) is 2.47. The fourth-order valence-corrected chi connectivity index (χ4v) is 1.55. The van der Waals surface area contributed by atoms with Gasteiger partial charge in [0.05, 0.1) is 23.2 Å². The fraction of sp³-hybridized carbons (Fsp3) is 0.250. The van der Waals surface area contributed by atoms with Crippen LogP contribution in [0.1, 0.15) is 17.7 Å². The van der Waals surface area contributed by atoms with Crippen molar-refractivity contribution in [2.45, 2.75) is 12.8 Å². The molecule has 1 rings (SSSR count). The van der Waals surface area contributed by atoms with Gasteiger partial charge >= 0.3 is 0 Å². The van der Waals surface area contributed by atoms with Crippen LogP contribution in [0.15, 0.2) is 10.7 Å². The van der Waals surface area contributed by atoms with E-state index < -0.39 is 12.1 Å². The lowest BCUT2D eigenvalue weighted by molar-refractivity contribution is 0.145. The smallest absolute Gasteiger partial charge is 0.281 e. The first-order valence-corrected chi connectivity index (χ1v) is 4.38. The largest absolute Gasteiger partial charge is 0.506 e. The molecule has 0 aliphatic carbocycles. The van der Waals surface area contributed by atoms with E-state index in [2.05, 4.69) is 20.9 Å². The normalized spacial score (nSPS) is 10.2. The molecule has 0 saturated heterocycles. The molecule has 0 aromatic carbocycles. The van der Waals surface area contributed by atoms with E-state index in [9.17, 15) is 13.9 Å².